The minimum absolute atomic E-state index is 0.181. The van der Waals surface area contributed by atoms with E-state index in [-0.39, 0.29) is 23.3 Å². The van der Waals surface area contributed by atoms with E-state index in [4.69, 9.17) is 4.74 Å². The lowest BCUT2D eigenvalue weighted by Crippen LogP contribution is -2.45. The van der Waals surface area contributed by atoms with Gasteiger partial charge in [0.05, 0.1) is 17.7 Å². The first kappa shape index (κ1) is 22.4. The van der Waals surface area contributed by atoms with Crippen molar-refractivity contribution in [2.45, 2.75) is 26.8 Å². The number of esters is 1. The first-order valence-corrected chi connectivity index (χ1v) is 11.3. The van der Waals surface area contributed by atoms with Gasteiger partial charge in [0.2, 0.25) is 5.91 Å². The third-order valence-electron chi connectivity index (χ3n) is 5.46. The summed E-state index contributed by atoms with van der Waals surface area (Å²) in [5.41, 5.74) is 3.32. The highest BCUT2D eigenvalue weighted by atomic mass is 32.1. The van der Waals surface area contributed by atoms with Gasteiger partial charge in [-0.25, -0.2) is 4.79 Å². The summed E-state index contributed by atoms with van der Waals surface area (Å²) in [5, 5.41) is 4.81. The zero-order valence-corrected chi connectivity index (χ0v) is 19.2. The number of nitrogens with one attached hydrogen (secondary N) is 1. The lowest BCUT2D eigenvalue weighted by molar-refractivity contribution is -0.119. The van der Waals surface area contributed by atoms with Gasteiger partial charge in [-0.1, -0.05) is 42.0 Å². The third kappa shape index (κ3) is 4.05. The molecule has 0 radical (unpaired) electrons. The molecule has 7 nitrogen and oxygen atoms in total. The smallest absolute Gasteiger partial charge is 0.341 e. The molecule has 168 valence electrons. The molecule has 0 saturated carbocycles. The van der Waals surface area contributed by atoms with E-state index in [0.717, 1.165) is 16.0 Å². The van der Waals surface area contributed by atoms with Crippen LogP contribution in [0.25, 0.3) is 11.1 Å². The lowest BCUT2D eigenvalue weighted by atomic mass is 10.0. The maximum atomic E-state index is 13.1. The molecule has 0 saturated heterocycles. The number of amides is 3. The van der Waals surface area contributed by atoms with Gasteiger partial charge in [0.15, 0.2) is 0 Å². The average Bonchev–Trinajstić information content (AvgIpc) is 3.33. The standard InChI is InChI=1S/C25H22N2O5S/c1-4-32-25(31)20-19(16-11-9-14(2)10-12-16)13-33-22(20)26-21(28)15(3)27-23(29)17-7-5-6-8-18(17)24(27)30/h5-13,15H,4H2,1-3H3,(H,26,28). The van der Waals surface area contributed by atoms with E-state index < -0.39 is 29.7 Å². The fourth-order valence-corrected chi connectivity index (χ4v) is 4.65. The Morgan fingerprint density at radius 3 is 2.18 bits per heavy atom. The summed E-state index contributed by atoms with van der Waals surface area (Å²) in [6.07, 6.45) is 0. The zero-order valence-electron chi connectivity index (χ0n) is 18.4. The van der Waals surface area contributed by atoms with Crippen molar-refractivity contribution in [1.82, 2.24) is 4.90 Å². The molecular formula is C25H22N2O5S. The molecule has 0 aliphatic carbocycles. The minimum atomic E-state index is -1.07. The van der Waals surface area contributed by atoms with E-state index in [0.29, 0.717) is 10.6 Å². The molecule has 1 unspecified atom stereocenters. The van der Waals surface area contributed by atoms with Gasteiger partial charge in [0, 0.05) is 10.9 Å². The van der Waals surface area contributed by atoms with Gasteiger partial charge in [0.1, 0.15) is 16.6 Å². The van der Waals surface area contributed by atoms with Gasteiger partial charge in [-0.3, -0.25) is 19.3 Å². The van der Waals surface area contributed by atoms with Crippen LogP contribution in [0.4, 0.5) is 5.00 Å². The predicted molar refractivity (Wildman–Crippen MR) is 125 cm³/mol. The average molecular weight is 463 g/mol. The van der Waals surface area contributed by atoms with Gasteiger partial charge in [-0.15, -0.1) is 11.3 Å². The number of imide groups is 1. The Hall–Kier alpha value is -3.78. The Balaban J connectivity index is 1.63. The van der Waals surface area contributed by atoms with Crippen LogP contribution in [0, 0.1) is 6.92 Å². The van der Waals surface area contributed by atoms with Gasteiger partial charge >= 0.3 is 5.97 Å². The second kappa shape index (κ2) is 8.99. The summed E-state index contributed by atoms with van der Waals surface area (Å²) in [6, 6.07) is 13.1. The molecule has 0 bridgehead atoms. The van der Waals surface area contributed by atoms with E-state index in [1.807, 2.05) is 31.2 Å². The molecule has 2 aromatic carbocycles. The van der Waals surface area contributed by atoms with Crippen molar-refractivity contribution < 1.29 is 23.9 Å². The number of hydrogen-bond acceptors (Lipinski definition) is 6. The Labute approximate surface area is 195 Å². The number of fused-ring (bicyclic) bond motifs is 1. The number of hydrogen-bond donors (Lipinski definition) is 1. The van der Waals surface area contributed by atoms with Crippen molar-refractivity contribution in [3.05, 3.63) is 76.2 Å². The first-order valence-electron chi connectivity index (χ1n) is 10.5. The van der Waals surface area contributed by atoms with Gasteiger partial charge in [-0.05, 0) is 38.5 Å². The summed E-state index contributed by atoms with van der Waals surface area (Å²) < 4.78 is 5.23. The molecule has 0 spiro atoms. The highest BCUT2D eigenvalue weighted by molar-refractivity contribution is 7.15. The second-order valence-corrected chi connectivity index (χ2v) is 8.51. The fraction of sp³-hybridized carbons (Fsp3) is 0.200. The molecule has 1 N–H and O–H groups in total. The third-order valence-corrected chi connectivity index (χ3v) is 6.36. The molecule has 1 aliphatic heterocycles. The quantitative estimate of drug-likeness (QED) is 0.429. The van der Waals surface area contributed by atoms with E-state index in [9.17, 15) is 19.2 Å². The second-order valence-electron chi connectivity index (χ2n) is 7.63. The predicted octanol–water partition coefficient (Wildman–Crippen LogP) is 4.52. The summed E-state index contributed by atoms with van der Waals surface area (Å²) in [4.78, 5) is 52.2. The van der Waals surface area contributed by atoms with Crippen LogP contribution in [0.2, 0.25) is 0 Å². The first-order chi connectivity index (χ1) is 15.8. The van der Waals surface area contributed by atoms with Gasteiger partial charge in [-0.2, -0.15) is 0 Å². The number of aryl methyl sites for hydroxylation is 1. The Morgan fingerprint density at radius 2 is 1.61 bits per heavy atom. The SMILES string of the molecule is CCOC(=O)c1c(-c2ccc(C)cc2)csc1NC(=O)C(C)N1C(=O)c2ccccc2C1=O. The van der Waals surface area contributed by atoms with E-state index >= 15 is 0 Å². The van der Waals surface area contributed by atoms with Gasteiger partial charge in [0.25, 0.3) is 11.8 Å². The number of anilines is 1. The Morgan fingerprint density at radius 1 is 1.00 bits per heavy atom. The van der Waals surface area contributed by atoms with Crippen LogP contribution in [-0.4, -0.2) is 41.2 Å². The van der Waals surface area contributed by atoms with E-state index in [1.165, 1.54) is 18.3 Å². The molecule has 0 fully saturated rings. The van der Waals surface area contributed by atoms with Crippen LogP contribution < -0.4 is 5.32 Å². The van der Waals surface area contributed by atoms with Crippen LogP contribution in [0.15, 0.2) is 53.9 Å². The molecule has 2 heterocycles. The summed E-state index contributed by atoms with van der Waals surface area (Å²) in [6.45, 7) is 5.34. The van der Waals surface area contributed by atoms with Crippen molar-refractivity contribution in [3.8, 4) is 11.1 Å². The number of benzene rings is 2. The molecular weight excluding hydrogens is 440 g/mol. The highest BCUT2D eigenvalue weighted by Gasteiger charge is 2.41. The van der Waals surface area contributed by atoms with Crippen molar-refractivity contribution in [2.24, 2.45) is 0 Å². The zero-order chi connectivity index (χ0) is 23.7. The molecule has 3 aromatic rings. The number of carbonyl (C=O) groups is 4. The minimum Gasteiger partial charge on any atom is -0.462 e. The number of thiophene rings is 1. The van der Waals surface area contributed by atoms with Gasteiger partial charge < -0.3 is 10.1 Å². The number of nitrogens with zero attached hydrogens (tertiary/aromatic N) is 1. The van der Waals surface area contributed by atoms with Crippen molar-refractivity contribution >= 4 is 40.0 Å². The van der Waals surface area contributed by atoms with Crippen LogP contribution >= 0.6 is 11.3 Å². The summed E-state index contributed by atoms with van der Waals surface area (Å²) >= 11 is 1.19. The Kier molecular flexibility index (Phi) is 6.11. The van der Waals surface area contributed by atoms with Crippen molar-refractivity contribution in [2.75, 3.05) is 11.9 Å². The van der Waals surface area contributed by atoms with Crippen LogP contribution in [-0.2, 0) is 9.53 Å². The lowest BCUT2D eigenvalue weighted by Gasteiger charge is -2.21. The largest absolute Gasteiger partial charge is 0.462 e. The van der Waals surface area contributed by atoms with Crippen LogP contribution in [0.1, 0.15) is 50.5 Å². The molecule has 1 aliphatic rings. The monoisotopic (exact) mass is 462 g/mol. The fourth-order valence-electron chi connectivity index (χ4n) is 3.69. The summed E-state index contributed by atoms with van der Waals surface area (Å²) in [7, 11) is 0. The van der Waals surface area contributed by atoms with Crippen LogP contribution in [0.5, 0.6) is 0 Å². The van der Waals surface area contributed by atoms with Crippen molar-refractivity contribution in [1.29, 1.82) is 0 Å². The Bertz CT molecular complexity index is 1230. The normalized spacial score (nSPS) is 13.6. The maximum Gasteiger partial charge on any atom is 0.341 e. The molecule has 3 amide bonds. The number of rotatable bonds is 6. The topological polar surface area (TPSA) is 92.8 Å². The molecule has 8 heteroatoms. The van der Waals surface area contributed by atoms with E-state index in [1.54, 1.807) is 36.6 Å². The number of carbonyl (C=O) groups excluding carboxylic acids is 4. The highest BCUT2D eigenvalue weighted by Crippen LogP contribution is 2.37. The van der Waals surface area contributed by atoms with Crippen molar-refractivity contribution in [3.63, 3.8) is 0 Å². The molecule has 4 rings (SSSR count). The van der Waals surface area contributed by atoms with E-state index in [2.05, 4.69) is 5.32 Å². The van der Waals surface area contributed by atoms with Crippen LogP contribution in [0.3, 0.4) is 0 Å². The number of ether oxygens (including phenoxy) is 1. The summed E-state index contributed by atoms with van der Waals surface area (Å²) in [5.74, 6) is -2.17. The maximum absolute atomic E-state index is 13.1. The molecule has 33 heavy (non-hydrogen) atoms. The molecule has 1 aromatic heterocycles. The molecule has 1 atom stereocenters.